The first-order valence-corrected chi connectivity index (χ1v) is 8.25. The van der Waals surface area contributed by atoms with E-state index in [1.807, 2.05) is 11.8 Å². The molecule has 0 aromatic rings. The molecule has 0 amide bonds. The van der Waals surface area contributed by atoms with Gasteiger partial charge in [-0.3, -0.25) is 4.90 Å². The lowest BCUT2D eigenvalue weighted by Crippen LogP contribution is -2.52. The molecule has 0 aromatic heterocycles. The molecule has 1 aliphatic carbocycles. The van der Waals surface area contributed by atoms with Crippen LogP contribution in [0.5, 0.6) is 0 Å². The highest BCUT2D eigenvalue weighted by molar-refractivity contribution is 7.98. The average Bonchev–Trinajstić information content (AvgIpc) is 2.45. The molecule has 1 saturated carbocycles. The Kier molecular flexibility index (Phi) is 5.81. The molecule has 0 heterocycles. The molecule has 2 N–H and O–H groups in total. The Morgan fingerprint density at radius 3 is 2.47 bits per heavy atom. The summed E-state index contributed by atoms with van der Waals surface area (Å²) in [4.78, 5) is 2.53. The summed E-state index contributed by atoms with van der Waals surface area (Å²) in [6.07, 6.45) is 8.71. The van der Waals surface area contributed by atoms with E-state index in [-0.39, 0.29) is 5.54 Å². The monoisotopic (exact) mass is 258 g/mol. The highest BCUT2D eigenvalue weighted by atomic mass is 32.2. The van der Waals surface area contributed by atoms with Crippen molar-refractivity contribution in [2.75, 3.05) is 32.1 Å². The summed E-state index contributed by atoms with van der Waals surface area (Å²) in [5, 5.41) is 0. The fraction of sp³-hybridized carbons (Fsp3) is 1.00. The topological polar surface area (TPSA) is 29.3 Å². The maximum Gasteiger partial charge on any atom is 0.0329 e. The number of hydrogen-bond donors (Lipinski definition) is 1. The van der Waals surface area contributed by atoms with Crippen molar-refractivity contribution in [3.8, 4) is 0 Å². The van der Waals surface area contributed by atoms with Crippen LogP contribution in [0.15, 0.2) is 0 Å². The molecule has 0 spiro atoms. The molecule has 3 heteroatoms. The van der Waals surface area contributed by atoms with Crippen molar-refractivity contribution in [3.05, 3.63) is 0 Å². The zero-order valence-electron chi connectivity index (χ0n) is 12.1. The third-order valence-electron chi connectivity index (χ3n) is 4.58. The highest BCUT2D eigenvalue weighted by Gasteiger charge is 2.37. The molecular formula is C14H30N2S. The minimum Gasteiger partial charge on any atom is -0.329 e. The van der Waals surface area contributed by atoms with Crippen LogP contribution in [0, 0.1) is 5.41 Å². The van der Waals surface area contributed by atoms with Gasteiger partial charge in [0, 0.05) is 24.4 Å². The Bertz CT molecular complexity index is 230. The van der Waals surface area contributed by atoms with Crippen LogP contribution >= 0.6 is 11.8 Å². The summed E-state index contributed by atoms with van der Waals surface area (Å²) in [5.74, 6) is 1.21. The van der Waals surface area contributed by atoms with Crippen molar-refractivity contribution in [1.82, 2.24) is 4.90 Å². The SMILES string of the molecule is CSCCN(C)C1(CN)CCCC(C)(C)CC1. The van der Waals surface area contributed by atoms with Gasteiger partial charge in [0.15, 0.2) is 0 Å². The van der Waals surface area contributed by atoms with E-state index in [0.717, 1.165) is 6.54 Å². The van der Waals surface area contributed by atoms with Gasteiger partial charge in [-0.15, -0.1) is 0 Å². The summed E-state index contributed by atoms with van der Waals surface area (Å²) < 4.78 is 0. The van der Waals surface area contributed by atoms with Gasteiger partial charge in [0.05, 0.1) is 0 Å². The molecule has 1 atom stereocenters. The lowest BCUT2D eigenvalue weighted by Gasteiger charge is -2.41. The Morgan fingerprint density at radius 1 is 1.18 bits per heavy atom. The van der Waals surface area contributed by atoms with Crippen LogP contribution < -0.4 is 5.73 Å². The van der Waals surface area contributed by atoms with Crippen LogP contribution in [0.3, 0.4) is 0 Å². The minimum atomic E-state index is 0.267. The van der Waals surface area contributed by atoms with Crippen molar-refractivity contribution < 1.29 is 0 Å². The lowest BCUT2D eigenvalue weighted by atomic mass is 9.83. The summed E-state index contributed by atoms with van der Waals surface area (Å²) in [7, 11) is 2.27. The van der Waals surface area contributed by atoms with Crippen LogP contribution in [0.2, 0.25) is 0 Å². The Morgan fingerprint density at radius 2 is 1.88 bits per heavy atom. The van der Waals surface area contributed by atoms with Gasteiger partial charge in [-0.1, -0.05) is 20.3 Å². The number of likely N-dealkylation sites (N-methyl/N-ethyl adjacent to an activating group) is 1. The normalized spacial score (nSPS) is 29.3. The standard InChI is InChI=1S/C14H30N2S/c1-13(2)6-5-7-14(12-15,9-8-13)16(3)10-11-17-4/h5-12,15H2,1-4H3. The van der Waals surface area contributed by atoms with Crippen LogP contribution in [-0.4, -0.2) is 42.6 Å². The van der Waals surface area contributed by atoms with Crippen molar-refractivity contribution in [3.63, 3.8) is 0 Å². The van der Waals surface area contributed by atoms with Crippen LogP contribution in [0.25, 0.3) is 0 Å². The first kappa shape index (κ1) is 15.3. The molecule has 17 heavy (non-hydrogen) atoms. The van der Waals surface area contributed by atoms with E-state index in [4.69, 9.17) is 5.73 Å². The van der Waals surface area contributed by atoms with Crippen LogP contribution in [-0.2, 0) is 0 Å². The molecule has 1 aliphatic rings. The van der Waals surface area contributed by atoms with Crippen molar-refractivity contribution >= 4 is 11.8 Å². The second-order valence-electron chi connectivity index (χ2n) is 6.36. The third-order valence-corrected chi connectivity index (χ3v) is 5.17. The summed E-state index contributed by atoms with van der Waals surface area (Å²) in [5.41, 5.74) is 6.90. The van der Waals surface area contributed by atoms with E-state index in [2.05, 4.69) is 32.1 Å². The maximum atomic E-state index is 6.12. The Hall–Kier alpha value is 0.270. The van der Waals surface area contributed by atoms with Gasteiger partial charge in [0.25, 0.3) is 0 Å². The van der Waals surface area contributed by atoms with Crippen molar-refractivity contribution in [1.29, 1.82) is 0 Å². The predicted molar refractivity (Wildman–Crippen MR) is 79.7 cm³/mol. The number of thioether (sulfide) groups is 1. The molecule has 2 nitrogen and oxygen atoms in total. The van der Waals surface area contributed by atoms with Crippen LogP contribution in [0.1, 0.15) is 46.0 Å². The minimum absolute atomic E-state index is 0.267. The van der Waals surface area contributed by atoms with Gasteiger partial charge < -0.3 is 5.73 Å². The highest BCUT2D eigenvalue weighted by Crippen LogP contribution is 2.39. The first-order chi connectivity index (χ1) is 7.96. The summed E-state index contributed by atoms with van der Waals surface area (Å²) >= 11 is 1.93. The second kappa shape index (κ2) is 6.44. The average molecular weight is 258 g/mol. The fourth-order valence-corrected chi connectivity index (χ4v) is 3.38. The van der Waals surface area contributed by atoms with E-state index in [9.17, 15) is 0 Å². The van der Waals surface area contributed by atoms with Gasteiger partial charge in [0.2, 0.25) is 0 Å². The van der Waals surface area contributed by atoms with Gasteiger partial charge in [-0.25, -0.2) is 0 Å². The number of hydrogen-bond acceptors (Lipinski definition) is 3. The molecule has 1 fully saturated rings. The number of nitrogens with two attached hydrogens (primary N) is 1. The predicted octanol–water partition coefficient (Wildman–Crippen LogP) is 2.97. The quantitative estimate of drug-likeness (QED) is 0.769. The summed E-state index contributed by atoms with van der Waals surface area (Å²) in [6, 6.07) is 0. The molecule has 0 aromatic carbocycles. The molecule has 0 aliphatic heterocycles. The largest absolute Gasteiger partial charge is 0.329 e. The van der Waals surface area contributed by atoms with Crippen molar-refractivity contribution in [2.45, 2.75) is 51.5 Å². The summed E-state index contributed by atoms with van der Waals surface area (Å²) in [6.45, 7) is 6.79. The number of rotatable bonds is 5. The van der Waals surface area contributed by atoms with E-state index in [1.165, 1.54) is 44.4 Å². The molecular weight excluding hydrogens is 228 g/mol. The molecule has 0 bridgehead atoms. The van der Waals surface area contributed by atoms with E-state index < -0.39 is 0 Å². The molecule has 0 saturated heterocycles. The Balaban J connectivity index is 2.67. The van der Waals surface area contributed by atoms with Gasteiger partial charge >= 0.3 is 0 Å². The third kappa shape index (κ3) is 4.15. The molecule has 102 valence electrons. The van der Waals surface area contributed by atoms with Crippen molar-refractivity contribution in [2.24, 2.45) is 11.1 Å². The molecule has 1 unspecified atom stereocenters. The Labute approximate surface area is 112 Å². The number of nitrogens with zero attached hydrogens (tertiary/aromatic N) is 1. The smallest absolute Gasteiger partial charge is 0.0329 e. The van der Waals surface area contributed by atoms with E-state index in [0.29, 0.717) is 5.41 Å². The van der Waals surface area contributed by atoms with Gasteiger partial charge in [-0.05, 0) is 44.4 Å². The van der Waals surface area contributed by atoms with E-state index >= 15 is 0 Å². The van der Waals surface area contributed by atoms with Crippen LogP contribution in [0.4, 0.5) is 0 Å². The van der Waals surface area contributed by atoms with Gasteiger partial charge in [-0.2, -0.15) is 11.8 Å². The fourth-order valence-electron chi connectivity index (χ4n) is 2.92. The maximum absolute atomic E-state index is 6.12. The molecule has 0 radical (unpaired) electrons. The van der Waals surface area contributed by atoms with Gasteiger partial charge in [0.1, 0.15) is 0 Å². The lowest BCUT2D eigenvalue weighted by molar-refractivity contribution is 0.111. The second-order valence-corrected chi connectivity index (χ2v) is 7.35. The molecule has 1 rings (SSSR count). The van der Waals surface area contributed by atoms with E-state index in [1.54, 1.807) is 0 Å². The first-order valence-electron chi connectivity index (χ1n) is 6.86. The zero-order chi connectivity index (χ0) is 12.9. The zero-order valence-corrected chi connectivity index (χ0v) is 12.9.